The number of nitrogens with two attached hydrogens (primary N) is 1. The number of halogens is 1. The summed E-state index contributed by atoms with van der Waals surface area (Å²) >= 11 is 0. The van der Waals surface area contributed by atoms with E-state index in [1.54, 1.807) is 0 Å². The summed E-state index contributed by atoms with van der Waals surface area (Å²) in [4.78, 5) is 26.6. The van der Waals surface area contributed by atoms with Crippen LogP contribution in [0.15, 0.2) is 24.3 Å². The lowest BCUT2D eigenvalue weighted by atomic mass is 9.91. The highest BCUT2D eigenvalue weighted by atomic mass is 35.5. The quantitative estimate of drug-likeness (QED) is 0.740. The number of amides is 2. The normalized spacial score (nSPS) is 20.4. The van der Waals surface area contributed by atoms with Crippen LogP contribution < -0.4 is 15.8 Å². The lowest BCUT2D eigenvalue weighted by molar-refractivity contribution is -0.136. The second-order valence-electron chi connectivity index (χ2n) is 7.03. The molecule has 3 N–H and O–H groups in total. The Kier molecular flexibility index (Phi) is 9.60. The van der Waals surface area contributed by atoms with Crippen molar-refractivity contribution in [1.29, 1.82) is 0 Å². The summed E-state index contributed by atoms with van der Waals surface area (Å²) in [5, 5.41) is 2.91. The summed E-state index contributed by atoms with van der Waals surface area (Å²) in [6, 6.07) is 7.20. The highest BCUT2D eigenvalue weighted by molar-refractivity contribution is 5.85. The SMILES string of the molecule is CCOc1ccccc1C(CC(=O)N1CCC(C)CC1CN)NC(C)=O.Cl. The molecular weight excluding hydrogens is 366 g/mol. The number of benzene rings is 1. The van der Waals surface area contributed by atoms with Crippen molar-refractivity contribution < 1.29 is 14.3 Å². The molecule has 0 radical (unpaired) electrons. The fourth-order valence-electron chi connectivity index (χ4n) is 3.63. The Labute approximate surface area is 168 Å². The van der Waals surface area contributed by atoms with Gasteiger partial charge < -0.3 is 20.7 Å². The van der Waals surface area contributed by atoms with Crippen LogP contribution in [0.5, 0.6) is 5.75 Å². The third-order valence-electron chi connectivity index (χ3n) is 4.92. The first-order valence-corrected chi connectivity index (χ1v) is 9.44. The fourth-order valence-corrected chi connectivity index (χ4v) is 3.63. The van der Waals surface area contributed by atoms with E-state index in [9.17, 15) is 9.59 Å². The van der Waals surface area contributed by atoms with Gasteiger partial charge in [-0.25, -0.2) is 0 Å². The molecule has 1 aromatic carbocycles. The number of nitrogens with zero attached hydrogens (tertiary/aromatic N) is 1. The largest absolute Gasteiger partial charge is 0.494 e. The van der Waals surface area contributed by atoms with Crippen molar-refractivity contribution in [3.05, 3.63) is 29.8 Å². The van der Waals surface area contributed by atoms with Gasteiger partial charge in [-0.3, -0.25) is 9.59 Å². The highest BCUT2D eigenvalue weighted by Gasteiger charge is 2.31. The maximum atomic E-state index is 13.0. The third-order valence-corrected chi connectivity index (χ3v) is 4.92. The molecule has 6 nitrogen and oxygen atoms in total. The van der Waals surface area contributed by atoms with E-state index in [-0.39, 0.29) is 36.7 Å². The first kappa shape index (κ1) is 23.2. The van der Waals surface area contributed by atoms with Gasteiger partial charge in [0.05, 0.1) is 19.1 Å². The lowest BCUT2D eigenvalue weighted by Crippen LogP contribution is -2.50. The van der Waals surface area contributed by atoms with Crippen LogP contribution in [0.1, 0.15) is 51.6 Å². The summed E-state index contributed by atoms with van der Waals surface area (Å²) in [6.07, 6.45) is 2.12. The molecule has 0 aliphatic carbocycles. The first-order chi connectivity index (χ1) is 12.5. The minimum Gasteiger partial charge on any atom is -0.494 e. The van der Waals surface area contributed by atoms with Gasteiger partial charge in [-0.1, -0.05) is 25.1 Å². The summed E-state index contributed by atoms with van der Waals surface area (Å²) in [7, 11) is 0. The van der Waals surface area contributed by atoms with Gasteiger partial charge in [0.1, 0.15) is 5.75 Å². The molecule has 1 saturated heterocycles. The number of hydrogen-bond acceptors (Lipinski definition) is 4. The van der Waals surface area contributed by atoms with Crippen molar-refractivity contribution >= 4 is 24.2 Å². The predicted octanol–water partition coefficient (Wildman–Crippen LogP) is 2.66. The molecular formula is C20H32ClN3O3. The van der Waals surface area contributed by atoms with Gasteiger partial charge in [0.25, 0.3) is 0 Å². The summed E-state index contributed by atoms with van der Waals surface area (Å²) in [6.45, 7) is 7.29. The zero-order chi connectivity index (χ0) is 19.1. The topological polar surface area (TPSA) is 84.7 Å². The van der Waals surface area contributed by atoms with E-state index in [0.29, 0.717) is 24.8 Å². The van der Waals surface area contributed by atoms with Crippen LogP contribution in [0.25, 0.3) is 0 Å². The lowest BCUT2D eigenvalue weighted by Gasteiger charge is -2.38. The van der Waals surface area contributed by atoms with E-state index >= 15 is 0 Å². The minimum absolute atomic E-state index is 0. The fraction of sp³-hybridized carbons (Fsp3) is 0.600. The average molecular weight is 398 g/mol. The predicted molar refractivity (Wildman–Crippen MR) is 109 cm³/mol. The van der Waals surface area contributed by atoms with Gasteiger partial charge in [0.2, 0.25) is 11.8 Å². The molecule has 2 amide bonds. The van der Waals surface area contributed by atoms with E-state index in [1.807, 2.05) is 36.1 Å². The molecule has 0 aromatic heterocycles. The summed E-state index contributed by atoms with van der Waals surface area (Å²) in [5.41, 5.74) is 6.72. The molecule has 1 aliphatic heterocycles. The molecule has 152 valence electrons. The van der Waals surface area contributed by atoms with Gasteiger partial charge in [0.15, 0.2) is 0 Å². The Morgan fingerprint density at radius 3 is 2.70 bits per heavy atom. The Morgan fingerprint density at radius 2 is 2.07 bits per heavy atom. The molecule has 0 spiro atoms. The monoisotopic (exact) mass is 397 g/mol. The number of likely N-dealkylation sites (tertiary alicyclic amines) is 1. The first-order valence-electron chi connectivity index (χ1n) is 9.44. The van der Waals surface area contributed by atoms with Crippen molar-refractivity contribution in [2.24, 2.45) is 11.7 Å². The second-order valence-corrected chi connectivity index (χ2v) is 7.03. The smallest absolute Gasteiger partial charge is 0.225 e. The molecule has 27 heavy (non-hydrogen) atoms. The zero-order valence-corrected chi connectivity index (χ0v) is 17.3. The number of para-hydroxylation sites is 1. The van der Waals surface area contributed by atoms with Gasteiger partial charge in [-0.2, -0.15) is 0 Å². The maximum absolute atomic E-state index is 13.0. The Hall–Kier alpha value is -1.79. The van der Waals surface area contributed by atoms with E-state index in [2.05, 4.69) is 12.2 Å². The van der Waals surface area contributed by atoms with Crippen molar-refractivity contribution in [3.63, 3.8) is 0 Å². The van der Waals surface area contributed by atoms with E-state index in [4.69, 9.17) is 10.5 Å². The molecule has 0 saturated carbocycles. The van der Waals surface area contributed by atoms with Crippen LogP contribution in [0.4, 0.5) is 0 Å². The van der Waals surface area contributed by atoms with Crippen molar-refractivity contribution in [2.45, 2.75) is 52.1 Å². The van der Waals surface area contributed by atoms with Crippen molar-refractivity contribution in [2.75, 3.05) is 19.7 Å². The number of ether oxygens (including phenoxy) is 1. The van der Waals surface area contributed by atoms with Crippen LogP contribution in [-0.2, 0) is 9.59 Å². The molecule has 1 heterocycles. The summed E-state index contributed by atoms with van der Waals surface area (Å²) < 4.78 is 5.69. The number of carbonyl (C=O) groups excluding carboxylic acids is 2. The average Bonchev–Trinajstić information content (AvgIpc) is 2.61. The Balaban J connectivity index is 0.00000364. The molecule has 3 unspecified atom stereocenters. The van der Waals surface area contributed by atoms with Gasteiger partial charge in [0, 0.05) is 31.6 Å². The molecule has 1 fully saturated rings. The van der Waals surface area contributed by atoms with E-state index in [1.165, 1.54) is 6.92 Å². The molecule has 2 rings (SSSR count). The number of rotatable bonds is 7. The van der Waals surface area contributed by atoms with Crippen LogP contribution in [-0.4, -0.2) is 42.5 Å². The van der Waals surface area contributed by atoms with Crippen LogP contribution in [0.3, 0.4) is 0 Å². The van der Waals surface area contributed by atoms with Crippen LogP contribution in [0, 0.1) is 5.92 Å². The molecule has 1 aromatic rings. The standard InChI is InChI=1S/C20H31N3O3.ClH/c1-4-26-19-8-6-5-7-17(19)18(22-15(3)24)12-20(25)23-10-9-14(2)11-16(23)13-21;/h5-8,14,16,18H,4,9-13,21H2,1-3H3,(H,22,24);1H. The van der Waals surface area contributed by atoms with E-state index in [0.717, 1.165) is 24.9 Å². The highest BCUT2D eigenvalue weighted by Crippen LogP contribution is 2.29. The molecule has 7 heteroatoms. The number of nitrogens with one attached hydrogen (secondary N) is 1. The second kappa shape index (κ2) is 11.1. The molecule has 0 bridgehead atoms. The van der Waals surface area contributed by atoms with Crippen LogP contribution >= 0.6 is 12.4 Å². The Bertz CT molecular complexity index is 626. The third kappa shape index (κ3) is 6.40. The number of piperidine rings is 1. The minimum atomic E-state index is -0.416. The number of hydrogen-bond donors (Lipinski definition) is 2. The van der Waals surface area contributed by atoms with Crippen molar-refractivity contribution in [1.82, 2.24) is 10.2 Å². The summed E-state index contributed by atoms with van der Waals surface area (Å²) in [5.74, 6) is 1.13. The van der Waals surface area contributed by atoms with Crippen LogP contribution in [0.2, 0.25) is 0 Å². The number of carbonyl (C=O) groups is 2. The molecule has 3 atom stereocenters. The molecule has 1 aliphatic rings. The van der Waals surface area contributed by atoms with Crippen molar-refractivity contribution in [3.8, 4) is 5.75 Å². The maximum Gasteiger partial charge on any atom is 0.225 e. The Morgan fingerprint density at radius 1 is 1.37 bits per heavy atom. The van der Waals surface area contributed by atoms with Gasteiger partial charge >= 0.3 is 0 Å². The zero-order valence-electron chi connectivity index (χ0n) is 16.4. The van der Waals surface area contributed by atoms with E-state index < -0.39 is 6.04 Å². The van der Waals surface area contributed by atoms with Gasteiger partial charge in [-0.15, -0.1) is 12.4 Å². The van der Waals surface area contributed by atoms with Gasteiger partial charge in [-0.05, 0) is 31.7 Å².